The topological polar surface area (TPSA) is 84.8 Å². The number of aliphatic hydroxyl groups is 1. The first-order chi connectivity index (χ1) is 11.7. The highest BCUT2D eigenvalue weighted by Gasteiger charge is 2.10. The summed E-state index contributed by atoms with van der Waals surface area (Å²) in [6.07, 6.45) is -1.42. The van der Waals surface area contributed by atoms with Gasteiger partial charge in [-0.3, -0.25) is 0 Å². The number of ether oxygens (including phenoxy) is 7. The summed E-state index contributed by atoms with van der Waals surface area (Å²) in [6, 6.07) is 0. The highest BCUT2D eigenvalue weighted by atomic mass is 16.7. The fraction of sp³-hybridized carbons (Fsp3) is 1.00. The molecule has 0 spiro atoms. The van der Waals surface area contributed by atoms with Crippen LogP contribution in [0.15, 0.2) is 0 Å². The van der Waals surface area contributed by atoms with Gasteiger partial charge in [-0.1, -0.05) is 0 Å². The average molecular weight is 354 g/mol. The van der Waals surface area contributed by atoms with E-state index in [2.05, 4.69) is 0 Å². The number of hydrogen-bond donors (Lipinski definition) is 1. The van der Waals surface area contributed by atoms with E-state index in [0.29, 0.717) is 52.9 Å². The van der Waals surface area contributed by atoms with Crippen LogP contribution in [0.1, 0.15) is 20.8 Å². The van der Waals surface area contributed by atoms with Crippen molar-refractivity contribution in [3.8, 4) is 0 Å². The molecule has 8 nitrogen and oxygen atoms in total. The number of hydrogen-bond acceptors (Lipinski definition) is 8. The molecule has 146 valence electrons. The van der Waals surface area contributed by atoms with Gasteiger partial charge in [0, 0.05) is 19.8 Å². The van der Waals surface area contributed by atoms with Gasteiger partial charge in [-0.15, -0.1) is 0 Å². The lowest BCUT2D eigenvalue weighted by Crippen LogP contribution is -2.28. The summed E-state index contributed by atoms with van der Waals surface area (Å²) >= 11 is 0. The molecule has 0 aliphatic rings. The van der Waals surface area contributed by atoms with Gasteiger partial charge < -0.3 is 38.3 Å². The predicted molar refractivity (Wildman–Crippen MR) is 87.9 cm³/mol. The van der Waals surface area contributed by atoms with Crippen molar-refractivity contribution < 1.29 is 38.3 Å². The van der Waals surface area contributed by atoms with Crippen LogP contribution in [0.3, 0.4) is 0 Å². The van der Waals surface area contributed by atoms with E-state index in [0.717, 1.165) is 0 Å². The smallest absolute Gasteiger partial charge is 0.180 e. The maximum Gasteiger partial charge on any atom is 0.180 e. The molecule has 0 aromatic rings. The van der Waals surface area contributed by atoms with Crippen LogP contribution in [0.4, 0.5) is 0 Å². The minimum Gasteiger partial charge on any atom is -0.379 e. The fourth-order valence-electron chi connectivity index (χ4n) is 1.66. The molecule has 24 heavy (non-hydrogen) atoms. The van der Waals surface area contributed by atoms with Crippen molar-refractivity contribution in [2.45, 2.75) is 33.4 Å². The summed E-state index contributed by atoms with van der Waals surface area (Å²) in [6.45, 7) is 10.6. The second kappa shape index (κ2) is 19.0. The Balaban J connectivity index is 3.35. The van der Waals surface area contributed by atoms with Gasteiger partial charge in [0.2, 0.25) is 0 Å². The van der Waals surface area contributed by atoms with Crippen molar-refractivity contribution in [3.63, 3.8) is 0 Å². The monoisotopic (exact) mass is 354 g/mol. The van der Waals surface area contributed by atoms with Crippen LogP contribution < -0.4 is 0 Å². The molecule has 1 N–H and O–H groups in total. The Morgan fingerprint density at radius 2 is 1.12 bits per heavy atom. The van der Waals surface area contributed by atoms with Crippen molar-refractivity contribution in [3.05, 3.63) is 0 Å². The zero-order valence-electron chi connectivity index (χ0n) is 15.2. The lowest BCUT2D eigenvalue weighted by molar-refractivity contribution is -0.193. The largest absolute Gasteiger partial charge is 0.379 e. The molecule has 1 unspecified atom stereocenters. The summed E-state index contributed by atoms with van der Waals surface area (Å²) in [5.41, 5.74) is 0. The zero-order chi connectivity index (χ0) is 17.9. The Morgan fingerprint density at radius 1 is 0.583 bits per heavy atom. The Hall–Kier alpha value is -0.320. The zero-order valence-corrected chi connectivity index (χ0v) is 15.2. The molecule has 0 aromatic heterocycles. The summed E-state index contributed by atoms with van der Waals surface area (Å²) in [7, 11) is 0. The molecule has 0 fully saturated rings. The first-order valence-electron chi connectivity index (χ1n) is 8.58. The molecular weight excluding hydrogens is 320 g/mol. The molecule has 0 aromatic carbocycles. The maximum atomic E-state index is 9.62. The molecule has 0 aliphatic heterocycles. The second-order valence-corrected chi connectivity index (χ2v) is 4.62. The van der Waals surface area contributed by atoms with Gasteiger partial charge in [0.25, 0.3) is 0 Å². The van der Waals surface area contributed by atoms with Crippen molar-refractivity contribution in [2.24, 2.45) is 0 Å². The minimum atomic E-state index is -1.00. The standard InChI is InChI=1S/C16H34O8/c1-4-18-7-8-19-9-10-20-11-12-24-15(17)13-21-14-16(22-5-2)23-6-3/h15-17H,4-14H2,1-3H3. The third kappa shape index (κ3) is 16.5. The molecule has 0 aliphatic carbocycles. The molecule has 0 saturated carbocycles. The van der Waals surface area contributed by atoms with E-state index in [1.165, 1.54) is 0 Å². The van der Waals surface area contributed by atoms with Gasteiger partial charge in [0.1, 0.15) is 0 Å². The highest BCUT2D eigenvalue weighted by Crippen LogP contribution is 1.98. The van der Waals surface area contributed by atoms with Gasteiger partial charge >= 0.3 is 0 Å². The van der Waals surface area contributed by atoms with Gasteiger partial charge in [0.15, 0.2) is 12.6 Å². The van der Waals surface area contributed by atoms with Crippen molar-refractivity contribution in [2.75, 3.05) is 72.7 Å². The Labute approximate surface area is 145 Å². The van der Waals surface area contributed by atoms with Crippen molar-refractivity contribution >= 4 is 0 Å². The summed E-state index contributed by atoms with van der Waals surface area (Å²) in [4.78, 5) is 0. The van der Waals surface area contributed by atoms with Crippen LogP contribution in [0.5, 0.6) is 0 Å². The Bertz CT molecular complexity index is 236. The van der Waals surface area contributed by atoms with Crippen LogP contribution in [0.2, 0.25) is 0 Å². The van der Waals surface area contributed by atoms with E-state index in [4.69, 9.17) is 33.2 Å². The molecule has 0 amide bonds. The molecule has 0 bridgehead atoms. The summed E-state index contributed by atoms with van der Waals surface area (Å²) < 4.78 is 36.9. The molecule has 0 saturated heterocycles. The quantitative estimate of drug-likeness (QED) is 0.269. The first-order valence-corrected chi connectivity index (χ1v) is 8.58. The predicted octanol–water partition coefficient (Wildman–Crippen LogP) is 0.807. The van der Waals surface area contributed by atoms with E-state index in [-0.39, 0.29) is 19.8 Å². The molecule has 0 heterocycles. The normalized spacial score (nSPS) is 12.9. The molecule has 0 radical (unpaired) electrons. The van der Waals surface area contributed by atoms with Gasteiger partial charge in [0.05, 0.1) is 52.9 Å². The molecule has 1 atom stereocenters. The van der Waals surface area contributed by atoms with E-state index in [9.17, 15) is 5.11 Å². The first kappa shape index (κ1) is 23.7. The lowest BCUT2D eigenvalue weighted by atomic mass is 10.6. The van der Waals surface area contributed by atoms with Gasteiger partial charge in [-0.05, 0) is 20.8 Å². The van der Waals surface area contributed by atoms with E-state index in [1.807, 2.05) is 20.8 Å². The van der Waals surface area contributed by atoms with E-state index in [1.54, 1.807) is 0 Å². The Kier molecular flexibility index (Phi) is 18.8. The third-order valence-corrected chi connectivity index (χ3v) is 2.71. The van der Waals surface area contributed by atoms with Crippen LogP contribution in [0, 0.1) is 0 Å². The van der Waals surface area contributed by atoms with E-state index >= 15 is 0 Å². The molecular formula is C16H34O8. The Morgan fingerprint density at radius 3 is 1.67 bits per heavy atom. The van der Waals surface area contributed by atoms with E-state index < -0.39 is 12.6 Å². The summed E-state index contributed by atoms with van der Waals surface area (Å²) in [5.74, 6) is 0. The van der Waals surface area contributed by atoms with Crippen molar-refractivity contribution in [1.82, 2.24) is 0 Å². The number of rotatable bonds is 19. The highest BCUT2D eigenvalue weighted by molar-refractivity contribution is 4.44. The second-order valence-electron chi connectivity index (χ2n) is 4.62. The van der Waals surface area contributed by atoms with Crippen LogP contribution in [-0.2, 0) is 33.2 Å². The molecule has 8 heteroatoms. The average Bonchev–Trinajstić information content (AvgIpc) is 2.57. The van der Waals surface area contributed by atoms with Gasteiger partial charge in [-0.2, -0.15) is 0 Å². The van der Waals surface area contributed by atoms with Crippen LogP contribution in [0.25, 0.3) is 0 Å². The van der Waals surface area contributed by atoms with Gasteiger partial charge in [-0.25, -0.2) is 0 Å². The number of aliphatic hydroxyl groups excluding tert-OH is 1. The molecule has 0 rings (SSSR count). The van der Waals surface area contributed by atoms with Crippen LogP contribution >= 0.6 is 0 Å². The fourth-order valence-corrected chi connectivity index (χ4v) is 1.66. The van der Waals surface area contributed by atoms with Crippen LogP contribution in [-0.4, -0.2) is 90.4 Å². The maximum absolute atomic E-state index is 9.62. The lowest BCUT2D eigenvalue weighted by Gasteiger charge is -2.18. The third-order valence-electron chi connectivity index (χ3n) is 2.71. The summed E-state index contributed by atoms with van der Waals surface area (Å²) in [5, 5.41) is 9.62. The minimum absolute atomic E-state index is 0.0528. The van der Waals surface area contributed by atoms with Crippen molar-refractivity contribution in [1.29, 1.82) is 0 Å². The SMILES string of the molecule is CCOCCOCCOCCOC(O)COCC(OCC)OCC.